The van der Waals surface area contributed by atoms with E-state index in [2.05, 4.69) is 28.3 Å². The lowest BCUT2D eigenvalue weighted by atomic mass is 9.95. The van der Waals surface area contributed by atoms with E-state index in [1.807, 2.05) is 6.07 Å². The molecule has 20 heavy (non-hydrogen) atoms. The smallest absolute Gasteiger partial charge is 0.339 e. The molecule has 0 fully saturated rings. The van der Waals surface area contributed by atoms with Gasteiger partial charge in [0.1, 0.15) is 0 Å². The number of Topliss-reactive ketones (excluding diaryl/α,β-unsaturated/α-hetero) is 1. The van der Waals surface area contributed by atoms with Crippen LogP contribution in [0.2, 0.25) is 0 Å². The fraction of sp³-hybridized carbons (Fsp3) is 0.125. The number of carbonyl (C=O) groups is 1. The number of hydrogen-bond donors (Lipinski definition) is 0. The van der Waals surface area contributed by atoms with Gasteiger partial charge < -0.3 is 4.74 Å². The highest BCUT2D eigenvalue weighted by atomic mass is 127. The molecule has 1 aromatic carbocycles. The van der Waals surface area contributed by atoms with Gasteiger partial charge in [-0.25, -0.2) is 5.11 Å². The molecular weight excluding hydrogens is 367 g/mol. The van der Waals surface area contributed by atoms with Crippen molar-refractivity contribution in [2.45, 2.75) is 6.92 Å². The SMILES string of the molecule is CCOC([O])=C1C=C(I)C=C=C1C(=O)c1ccccc1. The molecule has 0 heterocycles. The Balaban J connectivity index is 2.47. The van der Waals surface area contributed by atoms with E-state index in [-0.39, 0.29) is 23.5 Å². The normalized spacial score (nSPS) is 16.3. The number of rotatable bonds is 4. The van der Waals surface area contributed by atoms with Crippen molar-refractivity contribution in [3.8, 4) is 0 Å². The Kier molecular flexibility index (Phi) is 4.82. The summed E-state index contributed by atoms with van der Waals surface area (Å²) in [5, 5.41) is 12.0. The zero-order valence-corrected chi connectivity index (χ0v) is 13.0. The Hall–Kier alpha value is -1.78. The summed E-state index contributed by atoms with van der Waals surface area (Å²) >= 11 is 2.07. The second-order valence-electron chi connectivity index (χ2n) is 4.02. The lowest BCUT2D eigenvalue weighted by Gasteiger charge is -2.10. The predicted molar refractivity (Wildman–Crippen MR) is 83.8 cm³/mol. The molecule has 4 heteroatoms. The van der Waals surface area contributed by atoms with E-state index in [0.717, 1.165) is 3.58 Å². The average Bonchev–Trinajstić information content (AvgIpc) is 2.47. The maximum Gasteiger partial charge on any atom is 0.339 e. The molecule has 0 N–H and O–H groups in total. The van der Waals surface area contributed by atoms with E-state index < -0.39 is 5.95 Å². The van der Waals surface area contributed by atoms with Crippen LogP contribution in [0, 0.1) is 0 Å². The van der Waals surface area contributed by atoms with Crippen LogP contribution >= 0.6 is 22.6 Å². The van der Waals surface area contributed by atoms with E-state index in [0.29, 0.717) is 5.56 Å². The van der Waals surface area contributed by atoms with Crippen LogP contribution in [-0.4, -0.2) is 12.4 Å². The van der Waals surface area contributed by atoms with E-state index in [9.17, 15) is 9.90 Å². The van der Waals surface area contributed by atoms with Crippen LogP contribution < -0.4 is 0 Å². The number of halogens is 1. The third kappa shape index (κ3) is 3.21. The molecule has 1 aromatic rings. The van der Waals surface area contributed by atoms with Crippen molar-refractivity contribution in [3.63, 3.8) is 0 Å². The first kappa shape index (κ1) is 14.6. The topological polar surface area (TPSA) is 46.2 Å². The van der Waals surface area contributed by atoms with E-state index >= 15 is 0 Å². The number of ether oxygens (including phenoxy) is 1. The first-order valence-corrected chi connectivity index (χ1v) is 7.19. The Morgan fingerprint density at radius 1 is 1.30 bits per heavy atom. The van der Waals surface area contributed by atoms with Crippen LogP contribution in [0.15, 0.2) is 68.9 Å². The Labute approximate surface area is 131 Å². The zero-order valence-electron chi connectivity index (χ0n) is 10.9. The maximum atomic E-state index is 12.4. The number of hydrogen-bond acceptors (Lipinski definition) is 2. The third-order valence-electron chi connectivity index (χ3n) is 2.66. The van der Waals surface area contributed by atoms with Gasteiger partial charge in [-0.15, -0.1) is 5.73 Å². The molecule has 101 valence electrons. The van der Waals surface area contributed by atoms with Crippen molar-refractivity contribution in [3.05, 3.63) is 74.4 Å². The second-order valence-corrected chi connectivity index (χ2v) is 5.27. The highest BCUT2D eigenvalue weighted by Crippen LogP contribution is 2.27. The predicted octanol–water partition coefficient (Wildman–Crippen LogP) is 3.96. The molecule has 0 saturated heterocycles. The Morgan fingerprint density at radius 2 is 2.00 bits per heavy atom. The summed E-state index contributed by atoms with van der Waals surface area (Å²) in [5.41, 5.74) is 3.91. The molecule has 0 saturated carbocycles. The van der Waals surface area contributed by atoms with Gasteiger partial charge in [-0.3, -0.25) is 4.79 Å². The molecule has 0 aromatic heterocycles. The second kappa shape index (κ2) is 6.59. The summed E-state index contributed by atoms with van der Waals surface area (Å²) in [6, 6.07) is 8.82. The lowest BCUT2D eigenvalue weighted by molar-refractivity contribution is 0.0571. The number of ketones is 1. The van der Waals surface area contributed by atoms with Crippen LogP contribution in [0.3, 0.4) is 0 Å². The first-order valence-electron chi connectivity index (χ1n) is 6.11. The molecule has 1 radical (unpaired) electrons. The molecule has 1 aliphatic rings. The van der Waals surface area contributed by atoms with Gasteiger partial charge in [-0.1, -0.05) is 30.3 Å². The van der Waals surface area contributed by atoms with Crippen molar-refractivity contribution in [1.82, 2.24) is 0 Å². The largest absolute Gasteiger partial charge is 0.462 e. The fourth-order valence-electron chi connectivity index (χ4n) is 1.76. The molecular formula is C16H12IO3. The molecule has 0 unspecified atom stereocenters. The zero-order chi connectivity index (χ0) is 14.5. The van der Waals surface area contributed by atoms with Crippen molar-refractivity contribution in [1.29, 1.82) is 0 Å². The summed E-state index contributed by atoms with van der Waals surface area (Å²) < 4.78 is 5.82. The summed E-state index contributed by atoms with van der Waals surface area (Å²) in [5.74, 6) is -0.730. The molecule has 2 rings (SSSR count). The molecule has 1 aliphatic carbocycles. The quantitative estimate of drug-likeness (QED) is 0.344. The fourth-order valence-corrected chi connectivity index (χ4v) is 2.23. The number of benzene rings is 1. The van der Waals surface area contributed by atoms with Crippen LogP contribution in [-0.2, 0) is 9.84 Å². The minimum atomic E-state index is -0.499. The number of carbonyl (C=O) groups excluding carboxylic acids is 1. The summed E-state index contributed by atoms with van der Waals surface area (Å²) in [6.45, 7) is 2.00. The molecule has 0 aliphatic heterocycles. The van der Waals surface area contributed by atoms with Gasteiger partial charge in [-0.2, -0.15) is 0 Å². The van der Waals surface area contributed by atoms with Crippen LogP contribution in [0.1, 0.15) is 17.3 Å². The first-order chi connectivity index (χ1) is 9.63. The molecule has 0 atom stereocenters. The minimum absolute atomic E-state index is 0.231. The molecule has 0 bridgehead atoms. The number of allylic oxidation sites excluding steroid dienone is 4. The van der Waals surface area contributed by atoms with Gasteiger partial charge in [0.25, 0.3) is 0 Å². The van der Waals surface area contributed by atoms with Gasteiger partial charge >= 0.3 is 5.95 Å². The third-order valence-corrected chi connectivity index (χ3v) is 3.29. The van der Waals surface area contributed by atoms with Gasteiger partial charge in [0.05, 0.1) is 17.8 Å². The van der Waals surface area contributed by atoms with E-state index in [4.69, 9.17) is 4.74 Å². The highest BCUT2D eigenvalue weighted by Gasteiger charge is 2.22. The Morgan fingerprint density at radius 3 is 2.65 bits per heavy atom. The molecule has 0 spiro atoms. The minimum Gasteiger partial charge on any atom is -0.462 e. The van der Waals surface area contributed by atoms with Crippen LogP contribution in [0.5, 0.6) is 0 Å². The lowest BCUT2D eigenvalue weighted by Crippen LogP contribution is -2.08. The van der Waals surface area contributed by atoms with Gasteiger partial charge in [-0.05, 0) is 41.7 Å². The monoisotopic (exact) mass is 379 g/mol. The van der Waals surface area contributed by atoms with Crippen molar-refractivity contribution in [2.75, 3.05) is 6.61 Å². The van der Waals surface area contributed by atoms with Crippen LogP contribution in [0.4, 0.5) is 0 Å². The standard InChI is InChI=1S/C16H12IO3/c1-2-20-16(19)14-10-12(17)8-9-13(14)15(18)11-6-4-3-5-7-11/h3-8,10H,2H2,1H3. The van der Waals surface area contributed by atoms with Crippen molar-refractivity contribution < 1.29 is 14.6 Å². The molecule has 0 amide bonds. The van der Waals surface area contributed by atoms with Gasteiger partial charge in [0.2, 0.25) is 5.78 Å². The van der Waals surface area contributed by atoms with Crippen LogP contribution in [0.25, 0.3) is 0 Å². The average molecular weight is 379 g/mol. The molecule has 3 nitrogen and oxygen atoms in total. The van der Waals surface area contributed by atoms with E-state index in [1.165, 1.54) is 0 Å². The Bertz CT molecular complexity index is 648. The van der Waals surface area contributed by atoms with Gasteiger partial charge in [0, 0.05) is 9.14 Å². The van der Waals surface area contributed by atoms with Crippen molar-refractivity contribution in [2.24, 2.45) is 0 Å². The maximum absolute atomic E-state index is 12.4. The summed E-state index contributed by atoms with van der Waals surface area (Å²) in [4.78, 5) is 12.4. The van der Waals surface area contributed by atoms with Crippen molar-refractivity contribution >= 4 is 28.4 Å². The highest BCUT2D eigenvalue weighted by molar-refractivity contribution is 14.1. The van der Waals surface area contributed by atoms with E-state index in [1.54, 1.807) is 43.3 Å². The van der Waals surface area contributed by atoms with Gasteiger partial charge in [0.15, 0.2) is 0 Å². The summed E-state index contributed by atoms with van der Waals surface area (Å²) in [7, 11) is 0. The summed E-state index contributed by atoms with van der Waals surface area (Å²) in [6.07, 6.45) is 3.32.